The summed E-state index contributed by atoms with van der Waals surface area (Å²) in [6.07, 6.45) is 0. The fourth-order valence-corrected chi connectivity index (χ4v) is 2.64. The standard InChI is InChI=1S/C16H17BrClN3O2/c1-22-12-5-6-15(23-2)14(8-12)21-16(19)20-9-10-3-4-11(17)7-13(10)18/h3-8H,9H2,1-2H3,(H3,19,20,21). The third kappa shape index (κ3) is 4.77. The van der Waals surface area contributed by atoms with Gasteiger partial charge >= 0.3 is 0 Å². The summed E-state index contributed by atoms with van der Waals surface area (Å²) in [5, 5.41) is 3.64. The van der Waals surface area contributed by atoms with E-state index >= 15 is 0 Å². The number of nitrogens with two attached hydrogens (primary N) is 1. The molecule has 2 aromatic carbocycles. The van der Waals surface area contributed by atoms with E-state index in [4.69, 9.17) is 26.8 Å². The van der Waals surface area contributed by atoms with Crippen molar-refractivity contribution in [3.63, 3.8) is 0 Å². The van der Waals surface area contributed by atoms with Gasteiger partial charge in [0.15, 0.2) is 5.96 Å². The zero-order valence-corrected chi connectivity index (χ0v) is 15.1. The molecule has 0 atom stereocenters. The van der Waals surface area contributed by atoms with E-state index in [-0.39, 0.29) is 5.96 Å². The van der Waals surface area contributed by atoms with Crippen molar-refractivity contribution >= 4 is 39.2 Å². The minimum Gasteiger partial charge on any atom is -0.497 e. The summed E-state index contributed by atoms with van der Waals surface area (Å²) in [6, 6.07) is 11.0. The highest BCUT2D eigenvalue weighted by molar-refractivity contribution is 9.10. The SMILES string of the molecule is COc1ccc(OC)c(NC(N)=NCc2ccc(Br)cc2Cl)c1. The number of hydrogen-bond donors (Lipinski definition) is 2. The molecule has 122 valence electrons. The second-order valence-electron chi connectivity index (χ2n) is 4.63. The highest BCUT2D eigenvalue weighted by Gasteiger charge is 2.06. The number of rotatable bonds is 5. The molecule has 23 heavy (non-hydrogen) atoms. The maximum atomic E-state index is 6.16. The van der Waals surface area contributed by atoms with E-state index in [0.29, 0.717) is 28.8 Å². The number of ether oxygens (including phenoxy) is 2. The molecule has 0 saturated carbocycles. The smallest absolute Gasteiger partial charge is 0.193 e. The number of nitrogens with one attached hydrogen (secondary N) is 1. The van der Waals surface area contributed by atoms with E-state index < -0.39 is 0 Å². The summed E-state index contributed by atoms with van der Waals surface area (Å²) in [5.41, 5.74) is 7.50. The first-order valence-electron chi connectivity index (χ1n) is 6.76. The molecule has 0 aliphatic carbocycles. The molecule has 0 aliphatic heterocycles. The molecular weight excluding hydrogens is 382 g/mol. The fraction of sp³-hybridized carbons (Fsp3) is 0.188. The molecule has 0 aliphatic rings. The van der Waals surface area contributed by atoms with Crippen LogP contribution in [0.5, 0.6) is 11.5 Å². The van der Waals surface area contributed by atoms with Crippen LogP contribution in [0.25, 0.3) is 0 Å². The zero-order chi connectivity index (χ0) is 16.8. The van der Waals surface area contributed by atoms with Gasteiger partial charge in [0.2, 0.25) is 0 Å². The second kappa shape index (κ2) is 8.08. The quantitative estimate of drug-likeness (QED) is 0.589. The van der Waals surface area contributed by atoms with E-state index in [0.717, 1.165) is 10.0 Å². The van der Waals surface area contributed by atoms with Gasteiger partial charge in [-0.2, -0.15) is 0 Å². The maximum absolute atomic E-state index is 6.16. The van der Waals surface area contributed by atoms with Crippen molar-refractivity contribution in [2.75, 3.05) is 19.5 Å². The molecule has 2 aromatic rings. The third-order valence-electron chi connectivity index (χ3n) is 3.10. The second-order valence-corrected chi connectivity index (χ2v) is 5.95. The van der Waals surface area contributed by atoms with Gasteiger partial charge in [-0.25, -0.2) is 4.99 Å². The summed E-state index contributed by atoms with van der Waals surface area (Å²) >= 11 is 9.53. The first-order valence-corrected chi connectivity index (χ1v) is 7.93. The van der Waals surface area contributed by atoms with Crippen LogP contribution in [0.3, 0.4) is 0 Å². The first kappa shape index (κ1) is 17.4. The fourth-order valence-electron chi connectivity index (χ4n) is 1.91. The summed E-state index contributed by atoms with van der Waals surface area (Å²) in [7, 11) is 3.18. The number of aliphatic imine (C=N–C) groups is 1. The average molecular weight is 399 g/mol. The lowest BCUT2D eigenvalue weighted by molar-refractivity contribution is 0.405. The largest absolute Gasteiger partial charge is 0.497 e. The number of hydrogen-bond acceptors (Lipinski definition) is 3. The predicted octanol–water partition coefficient (Wildman–Crippen LogP) is 4.05. The lowest BCUT2D eigenvalue weighted by Crippen LogP contribution is -2.23. The van der Waals surface area contributed by atoms with Crippen LogP contribution in [0.1, 0.15) is 5.56 Å². The van der Waals surface area contributed by atoms with Gasteiger partial charge < -0.3 is 20.5 Å². The van der Waals surface area contributed by atoms with Gasteiger partial charge in [-0.1, -0.05) is 33.6 Å². The molecule has 0 unspecified atom stereocenters. The van der Waals surface area contributed by atoms with E-state index in [2.05, 4.69) is 26.2 Å². The molecule has 0 heterocycles. The van der Waals surface area contributed by atoms with Gasteiger partial charge in [-0.15, -0.1) is 0 Å². The van der Waals surface area contributed by atoms with E-state index in [1.54, 1.807) is 32.4 Å². The number of anilines is 1. The third-order valence-corrected chi connectivity index (χ3v) is 3.95. The maximum Gasteiger partial charge on any atom is 0.193 e. The Labute approximate surface area is 148 Å². The van der Waals surface area contributed by atoms with Gasteiger partial charge in [0, 0.05) is 15.6 Å². The van der Waals surface area contributed by atoms with Crippen LogP contribution in [0.15, 0.2) is 45.9 Å². The van der Waals surface area contributed by atoms with Crippen LogP contribution in [0, 0.1) is 0 Å². The van der Waals surface area contributed by atoms with Crippen LogP contribution in [0.4, 0.5) is 5.69 Å². The van der Waals surface area contributed by atoms with Crippen LogP contribution >= 0.6 is 27.5 Å². The molecule has 0 spiro atoms. The Morgan fingerprint density at radius 3 is 2.65 bits per heavy atom. The minimum absolute atomic E-state index is 0.260. The van der Waals surface area contributed by atoms with E-state index in [1.807, 2.05) is 18.2 Å². The Kier molecular flexibility index (Phi) is 6.12. The lowest BCUT2D eigenvalue weighted by atomic mass is 10.2. The van der Waals surface area contributed by atoms with Crippen LogP contribution in [-0.2, 0) is 6.54 Å². The van der Waals surface area contributed by atoms with E-state index in [1.165, 1.54) is 0 Å². The molecule has 0 saturated heterocycles. The van der Waals surface area contributed by atoms with Crippen LogP contribution in [0.2, 0.25) is 5.02 Å². The molecule has 0 aromatic heterocycles. The number of guanidine groups is 1. The number of nitrogens with zero attached hydrogens (tertiary/aromatic N) is 1. The van der Waals surface area contributed by atoms with Crippen molar-refractivity contribution < 1.29 is 9.47 Å². The van der Waals surface area contributed by atoms with Crippen molar-refractivity contribution in [1.82, 2.24) is 0 Å². The van der Waals surface area contributed by atoms with Crippen LogP contribution in [-0.4, -0.2) is 20.2 Å². The first-order chi connectivity index (χ1) is 11.0. The molecule has 2 rings (SSSR count). The van der Waals surface area contributed by atoms with Crippen molar-refractivity contribution in [3.8, 4) is 11.5 Å². The molecule has 0 amide bonds. The van der Waals surface area contributed by atoms with Gasteiger partial charge in [-0.3, -0.25) is 0 Å². The van der Waals surface area contributed by atoms with Crippen LogP contribution < -0.4 is 20.5 Å². The Hall–Kier alpha value is -1.92. The monoisotopic (exact) mass is 397 g/mol. The Balaban J connectivity index is 2.13. The molecule has 0 bridgehead atoms. The normalized spacial score (nSPS) is 11.2. The number of halogens is 2. The topological polar surface area (TPSA) is 68.9 Å². The van der Waals surface area contributed by atoms with Crippen molar-refractivity contribution in [1.29, 1.82) is 0 Å². The lowest BCUT2D eigenvalue weighted by Gasteiger charge is -2.12. The van der Waals surface area contributed by atoms with Crippen molar-refractivity contribution in [3.05, 3.63) is 51.5 Å². The molecular formula is C16H17BrClN3O2. The van der Waals surface area contributed by atoms with E-state index in [9.17, 15) is 0 Å². The van der Waals surface area contributed by atoms with Gasteiger partial charge in [0.25, 0.3) is 0 Å². The minimum atomic E-state index is 0.260. The Morgan fingerprint density at radius 1 is 1.22 bits per heavy atom. The van der Waals surface area contributed by atoms with Gasteiger partial charge in [-0.05, 0) is 29.8 Å². The van der Waals surface area contributed by atoms with Gasteiger partial charge in [0.05, 0.1) is 26.5 Å². The average Bonchev–Trinajstić information content (AvgIpc) is 2.54. The summed E-state index contributed by atoms with van der Waals surface area (Å²) in [5.74, 6) is 1.60. The summed E-state index contributed by atoms with van der Waals surface area (Å²) in [6.45, 7) is 0.372. The van der Waals surface area contributed by atoms with Crippen molar-refractivity contribution in [2.45, 2.75) is 6.54 Å². The summed E-state index contributed by atoms with van der Waals surface area (Å²) in [4.78, 5) is 4.30. The molecule has 5 nitrogen and oxygen atoms in total. The van der Waals surface area contributed by atoms with Gasteiger partial charge in [0.1, 0.15) is 11.5 Å². The predicted molar refractivity (Wildman–Crippen MR) is 97.6 cm³/mol. The molecule has 3 N–H and O–H groups in total. The Morgan fingerprint density at radius 2 is 2.00 bits per heavy atom. The molecule has 7 heteroatoms. The highest BCUT2D eigenvalue weighted by atomic mass is 79.9. The highest BCUT2D eigenvalue weighted by Crippen LogP contribution is 2.28. The van der Waals surface area contributed by atoms with Crippen molar-refractivity contribution in [2.24, 2.45) is 10.7 Å². The Bertz CT molecular complexity index is 722. The number of benzene rings is 2. The molecule has 0 radical (unpaired) electrons. The zero-order valence-electron chi connectivity index (χ0n) is 12.8. The number of methoxy groups -OCH3 is 2. The molecule has 0 fully saturated rings. The summed E-state index contributed by atoms with van der Waals surface area (Å²) < 4.78 is 11.4.